The number of amides is 1. The summed E-state index contributed by atoms with van der Waals surface area (Å²) in [6.07, 6.45) is -0.690. The number of nitrogens with one attached hydrogen (secondary N) is 2. The van der Waals surface area contributed by atoms with Gasteiger partial charge in [0.25, 0.3) is 5.91 Å². The molecule has 0 aliphatic carbocycles. The number of hydrogen-bond donors (Lipinski definition) is 2. The molecule has 1 aromatic carbocycles. The Kier molecular flexibility index (Phi) is 3.52. The van der Waals surface area contributed by atoms with Crippen LogP contribution >= 0.6 is 0 Å². The van der Waals surface area contributed by atoms with Gasteiger partial charge in [0.2, 0.25) is 6.10 Å². The summed E-state index contributed by atoms with van der Waals surface area (Å²) >= 11 is 0. The van der Waals surface area contributed by atoms with Crippen LogP contribution in [0.4, 0.5) is 5.82 Å². The van der Waals surface area contributed by atoms with E-state index in [9.17, 15) is 4.79 Å². The van der Waals surface area contributed by atoms with Gasteiger partial charge in [0.1, 0.15) is 6.61 Å². The Hall–Kier alpha value is -2.50. The Morgan fingerprint density at radius 1 is 1.32 bits per heavy atom. The molecule has 0 bridgehead atoms. The summed E-state index contributed by atoms with van der Waals surface area (Å²) in [5.41, 5.74) is 0.897. The minimum atomic E-state index is -0.690. The van der Waals surface area contributed by atoms with Crippen molar-refractivity contribution in [1.82, 2.24) is 10.2 Å². The van der Waals surface area contributed by atoms with Crippen LogP contribution in [0, 0.1) is 0 Å². The first kappa shape index (κ1) is 14.4. The maximum Gasteiger partial charge on any atom is 0.270 e. The molecule has 1 amide bonds. The number of carbonyl (C=O) groups excluding carboxylic acids is 1. The topological polar surface area (TPSA) is 76.2 Å². The van der Waals surface area contributed by atoms with Gasteiger partial charge in [-0.05, 0) is 12.1 Å². The van der Waals surface area contributed by atoms with Crippen molar-refractivity contribution < 1.29 is 14.3 Å². The first-order valence-electron chi connectivity index (χ1n) is 7.19. The van der Waals surface area contributed by atoms with E-state index in [0.717, 1.165) is 5.69 Å². The van der Waals surface area contributed by atoms with E-state index in [1.807, 2.05) is 24.3 Å². The fourth-order valence-corrected chi connectivity index (χ4v) is 2.13. The summed E-state index contributed by atoms with van der Waals surface area (Å²) in [7, 11) is 0. The summed E-state index contributed by atoms with van der Waals surface area (Å²) < 4.78 is 11.2. The number of H-pyrrole nitrogens is 1. The number of hydrogen-bond acceptors (Lipinski definition) is 4. The lowest BCUT2D eigenvalue weighted by Gasteiger charge is -2.25. The highest BCUT2D eigenvalue weighted by Gasteiger charge is 2.28. The van der Waals surface area contributed by atoms with Crippen LogP contribution in [0.3, 0.4) is 0 Å². The molecule has 0 spiro atoms. The quantitative estimate of drug-likeness (QED) is 0.893. The van der Waals surface area contributed by atoms with Crippen LogP contribution in [0.1, 0.15) is 26.5 Å². The molecule has 1 atom stereocenters. The van der Waals surface area contributed by atoms with E-state index in [-0.39, 0.29) is 17.9 Å². The molecule has 6 heteroatoms. The minimum Gasteiger partial charge on any atom is -0.485 e. The first-order chi connectivity index (χ1) is 10.4. The zero-order chi connectivity index (χ0) is 15.7. The molecule has 2 heterocycles. The number of nitrogens with zero attached hydrogens (tertiary/aromatic N) is 1. The third kappa shape index (κ3) is 2.90. The molecule has 22 heavy (non-hydrogen) atoms. The minimum absolute atomic E-state index is 0.0562. The lowest BCUT2D eigenvalue weighted by molar-refractivity contribution is -0.125. The largest absolute Gasteiger partial charge is 0.485 e. The maximum absolute atomic E-state index is 12.3. The number of ether oxygens (including phenoxy) is 2. The van der Waals surface area contributed by atoms with Crippen LogP contribution in [-0.2, 0) is 10.2 Å². The van der Waals surface area contributed by atoms with Crippen molar-refractivity contribution in [2.45, 2.75) is 32.3 Å². The van der Waals surface area contributed by atoms with Gasteiger partial charge >= 0.3 is 0 Å². The molecule has 6 nitrogen and oxygen atoms in total. The van der Waals surface area contributed by atoms with E-state index in [0.29, 0.717) is 17.3 Å². The second kappa shape index (κ2) is 5.36. The molecule has 0 unspecified atom stereocenters. The third-order valence-corrected chi connectivity index (χ3v) is 3.44. The normalized spacial score (nSPS) is 17.1. The summed E-state index contributed by atoms with van der Waals surface area (Å²) in [6, 6.07) is 9.12. The number of anilines is 1. The van der Waals surface area contributed by atoms with Crippen molar-refractivity contribution in [3.05, 3.63) is 36.0 Å². The summed E-state index contributed by atoms with van der Waals surface area (Å²) in [4.78, 5) is 12.3. The molecule has 2 aromatic rings. The lowest BCUT2D eigenvalue weighted by atomic mass is 9.92. The number of aromatic amines is 1. The molecular formula is C16H19N3O3. The molecule has 0 radical (unpaired) electrons. The molecule has 0 saturated heterocycles. The number of carbonyl (C=O) groups is 1. The molecule has 1 aliphatic heterocycles. The van der Waals surface area contributed by atoms with Gasteiger partial charge < -0.3 is 14.8 Å². The van der Waals surface area contributed by atoms with Gasteiger partial charge in [0.05, 0.1) is 0 Å². The van der Waals surface area contributed by atoms with E-state index < -0.39 is 6.10 Å². The molecular weight excluding hydrogens is 282 g/mol. The smallest absolute Gasteiger partial charge is 0.270 e. The Bertz CT molecular complexity index is 688. The molecule has 0 saturated carbocycles. The van der Waals surface area contributed by atoms with E-state index >= 15 is 0 Å². The molecule has 116 valence electrons. The third-order valence-electron chi connectivity index (χ3n) is 3.44. The second-order valence-corrected chi connectivity index (χ2v) is 6.27. The van der Waals surface area contributed by atoms with Crippen molar-refractivity contribution in [1.29, 1.82) is 0 Å². The molecule has 1 aromatic heterocycles. The van der Waals surface area contributed by atoms with Crippen LogP contribution in [-0.4, -0.2) is 28.8 Å². The van der Waals surface area contributed by atoms with Crippen LogP contribution in [0.15, 0.2) is 30.3 Å². The van der Waals surface area contributed by atoms with Gasteiger partial charge in [-0.15, -0.1) is 0 Å². The molecule has 2 N–H and O–H groups in total. The summed E-state index contributed by atoms with van der Waals surface area (Å²) in [6.45, 7) is 6.39. The first-order valence-corrected chi connectivity index (χ1v) is 7.19. The van der Waals surface area contributed by atoms with Crippen molar-refractivity contribution in [3.63, 3.8) is 0 Å². The van der Waals surface area contributed by atoms with Gasteiger partial charge in [0, 0.05) is 17.2 Å². The highest BCUT2D eigenvalue weighted by Crippen LogP contribution is 2.31. The highest BCUT2D eigenvalue weighted by atomic mass is 16.6. The zero-order valence-corrected chi connectivity index (χ0v) is 12.8. The Morgan fingerprint density at radius 2 is 2.05 bits per heavy atom. The predicted octanol–water partition coefficient (Wildman–Crippen LogP) is 2.49. The van der Waals surface area contributed by atoms with Crippen LogP contribution in [0.5, 0.6) is 11.5 Å². The Balaban J connectivity index is 1.67. The SMILES string of the molecule is CC(C)(C)c1cc(NC(=O)[C@H]2COc3ccccc3O2)n[nH]1. The molecule has 0 fully saturated rings. The summed E-state index contributed by atoms with van der Waals surface area (Å²) in [5, 5.41) is 9.79. The van der Waals surface area contributed by atoms with E-state index in [2.05, 4.69) is 36.3 Å². The standard InChI is InChI=1S/C16H19N3O3/c1-16(2,3)13-8-14(19-18-13)17-15(20)12-9-21-10-6-4-5-7-11(10)22-12/h4-8,12H,9H2,1-3H3,(H2,17,18,19,20)/t12-/m1/s1. The number of benzene rings is 1. The van der Waals surface area contributed by atoms with Gasteiger partial charge in [-0.25, -0.2) is 0 Å². The molecule has 1 aliphatic rings. The average molecular weight is 301 g/mol. The van der Waals surface area contributed by atoms with Gasteiger partial charge in [0.15, 0.2) is 17.3 Å². The van der Waals surface area contributed by atoms with E-state index in [4.69, 9.17) is 9.47 Å². The fraction of sp³-hybridized carbons (Fsp3) is 0.375. The fourth-order valence-electron chi connectivity index (χ4n) is 2.13. The van der Waals surface area contributed by atoms with Crippen molar-refractivity contribution in [2.24, 2.45) is 0 Å². The maximum atomic E-state index is 12.3. The monoisotopic (exact) mass is 301 g/mol. The zero-order valence-electron chi connectivity index (χ0n) is 12.8. The van der Waals surface area contributed by atoms with E-state index in [1.165, 1.54) is 0 Å². The Morgan fingerprint density at radius 3 is 2.73 bits per heavy atom. The second-order valence-electron chi connectivity index (χ2n) is 6.27. The van der Waals surface area contributed by atoms with Gasteiger partial charge in [-0.2, -0.15) is 5.10 Å². The number of aromatic nitrogens is 2. The summed E-state index contributed by atoms with van der Waals surface area (Å²) in [5.74, 6) is 1.44. The number of fused-ring (bicyclic) bond motifs is 1. The van der Waals surface area contributed by atoms with Gasteiger partial charge in [-0.1, -0.05) is 32.9 Å². The van der Waals surface area contributed by atoms with Gasteiger partial charge in [-0.3, -0.25) is 9.89 Å². The number of rotatable bonds is 2. The van der Waals surface area contributed by atoms with Crippen LogP contribution in [0.2, 0.25) is 0 Å². The predicted molar refractivity (Wildman–Crippen MR) is 82.3 cm³/mol. The lowest BCUT2D eigenvalue weighted by Crippen LogP contribution is -2.40. The average Bonchev–Trinajstić information content (AvgIpc) is 2.95. The Labute approximate surface area is 128 Å². The van der Waals surface area contributed by atoms with Crippen LogP contribution < -0.4 is 14.8 Å². The molecule has 3 rings (SSSR count). The van der Waals surface area contributed by atoms with Crippen molar-refractivity contribution >= 4 is 11.7 Å². The number of para-hydroxylation sites is 2. The van der Waals surface area contributed by atoms with Crippen molar-refractivity contribution in [3.8, 4) is 11.5 Å². The van der Waals surface area contributed by atoms with Crippen molar-refractivity contribution in [2.75, 3.05) is 11.9 Å². The van der Waals surface area contributed by atoms with E-state index in [1.54, 1.807) is 6.07 Å². The highest BCUT2D eigenvalue weighted by molar-refractivity contribution is 5.94. The van der Waals surface area contributed by atoms with Crippen LogP contribution in [0.25, 0.3) is 0 Å².